The number of unbranched alkanes of at least 4 members (excludes halogenated alkanes) is 4. The summed E-state index contributed by atoms with van der Waals surface area (Å²) in [6.45, 7) is 2.38. The largest absolute Gasteiger partial charge is 0.480 e. The highest BCUT2D eigenvalue weighted by Gasteiger charge is 2.13. The highest BCUT2D eigenvalue weighted by Crippen LogP contribution is 2.01. The van der Waals surface area contributed by atoms with Crippen LogP contribution in [0.25, 0.3) is 0 Å². The molecule has 4 N–H and O–H groups in total. The number of alkyl carbamates (subject to hydrolysis) is 1. The minimum atomic E-state index is -1.18. The fraction of sp³-hybridized carbons (Fsp3) is 0.818. The van der Waals surface area contributed by atoms with Crippen LogP contribution in [0.5, 0.6) is 0 Å². The van der Waals surface area contributed by atoms with Crippen molar-refractivity contribution < 1.29 is 19.4 Å². The third kappa shape index (κ3) is 9.62. The molecule has 0 aromatic rings. The normalized spacial score (nSPS) is 11.9. The molecule has 0 radical (unpaired) electrons. The monoisotopic (exact) mass is 246 g/mol. The van der Waals surface area contributed by atoms with Crippen molar-refractivity contribution in [3.05, 3.63) is 0 Å². The molecule has 0 saturated heterocycles. The summed E-state index contributed by atoms with van der Waals surface area (Å²) in [6.07, 6.45) is 4.91. The zero-order chi connectivity index (χ0) is 13.1. The number of carbonyl (C=O) groups is 2. The van der Waals surface area contributed by atoms with Gasteiger partial charge >= 0.3 is 12.1 Å². The predicted octanol–water partition coefficient (Wildman–Crippen LogP) is 1.09. The van der Waals surface area contributed by atoms with Crippen LogP contribution in [0.1, 0.15) is 39.0 Å². The van der Waals surface area contributed by atoms with Crippen LogP contribution >= 0.6 is 0 Å². The van der Waals surface area contributed by atoms with Crippen LogP contribution in [0.15, 0.2) is 0 Å². The van der Waals surface area contributed by atoms with Gasteiger partial charge < -0.3 is 20.9 Å². The van der Waals surface area contributed by atoms with Crippen LogP contribution in [0, 0.1) is 0 Å². The van der Waals surface area contributed by atoms with E-state index in [1.54, 1.807) is 0 Å². The number of hydrogen-bond donors (Lipinski definition) is 3. The number of nitrogens with one attached hydrogen (secondary N) is 1. The third-order valence-corrected chi connectivity index (χ3v) is 2.26. The lowest BCUT2D eigenvalue weighted by Gasteiger charge is -2.09. The molecular weight excluding hydrogens is 224 g/mol. The molecule has 6 heteroatoms. The minimum absolute atomic E-state index is 0.309. The molecule has 0 fully saturated rings. The van der Waals surface area contributed by atoms with E-state index in [-0.39, 0.29) is 6.61 Å². The molecule has 1 amide bonds. The number of hydrogen-bond acceptors (Lipinski definition) is 4. The lowest BCUT2D eigenvalue weighted by molar-refractivity contribution is -0.139. The highest BCUT2D eigenvalue weighted by molar-refractivity contribution is 5.74. The van der Waals surface area contributed by atoms with Crippen LogP contribution in [0.2, 0.25) is 0 Å². The summed E-state index contributed by atoms with van der Waals surface area (Å²) in [5, 5.41) is 11.0. The maximum atomic E-state index is 11.1. The number of carboxylic acid groups (broad SMARTS) is 1. The Hall–Kier alpha value is -1.30. The first-order valence-electron chi connectivity index (χ1n) is 5.97. The second-order valence-corrected chi connectivity index (χ2v) is 3.88. The Morgan fingerprint density at radius 1 is 1.29 bits per heavy atom. The molecular formula is C11H22N2O4. The maximum Gasteiger partial charge on any atom is 0.407 e. The van der Waals surface area contributed by atoms with E-state index in [9.17, 15) is 9.59 Å². The van der Waals surface area contributed by atoms with Crippen molar-refractivity contribution in [3.63, 3.8) is 0 Å². The van der Waals surface area contributed by atoms with Gasteiger partial charge in [-0.05, 0) is 6.42 Å². The number of carbonyl (C=O) groups excluding carboxylic acids is 1. The van der Waals surface area contributed by atoms with E-state index >= 15 is 0 Å². The Balaban J connectivity index is 3.38. The fourth-order valence-corrected chi connectivity index (χ4v) is 1.21. The molecule has 0 aliphatic rings. The lowest BCUT2D eigenvalue weighted by Crippen LogP contribution is -2.37. The third-order valence-electron chi connectivity index (χ3n) is 2.26. The molecule has 1 unspecified atom stereocenters. The number of nitrogens with two attached hydrogens (primary N) is 1. The van der Waals surface area contributed by atoms with Crippen LogP contribution in [0.3, 0.4) is 0 Å². The standard InChI is InChI=1S/C11H22N2O4/c1-2-3-4-5-6-7-13-11(16)17-8-9(12)10(14)15/h9H,2-8,12H2,1H3,(H,13,16)(H,14,15). The van der Waals surface area contributed by atoms with E-state index in [2.05, 4.69) is 17.0 Å². The molecule has 0 aromatic heterocycles. The summed E-state index contributed by atoms with van der Waals surface area (Å²) in [6, 6.07) is -1.16. The van der Waals surface area contributed by atoms with E-state index in [1.807, 2.05) is 0 Å². The van der Waals surface area contributed by atoms with Gasteiger partial charge in [0.2, 0.25) is 0 Å². The average molecular weight is 246 g/mol. The molecule has 6 nitrogen and oxygen atoms in total. The first-order chi connectivity index (χ1) is 8.07. The fourth-order valence-electron chi connectivity index (χ4n) is 1.21. The number of aliphatic carboxylic acids is 1. The maximum absolute atomic E-state index is 11.1. The van der Waals surface area contributed by atoms with Gasteiger partial charge in [-0.15, -0.1) is 0 Å². The van der Waals surface area contributed by atoms with E-state index in [0.29, 0.717) is 6.54 Å². The Morgan fingerprint density at radius 3 is 2.53 bits per heavy atom. The first-order valence-corrected chi connectivity index (χ1v) is 5.97. The second-order valence-electron chi connectivity index (χ2n) is 3.88. The van der Waals surface area contributed by atoms with Gasteiger partial charge in [0.25, 0.3) is 0 Å². The Morgan fingerprint density at radius 2 is 1.94 bits per heavy atom. The minimum Gasteiger partial charge on any atom is -0.480 e. The Labute approximate surface area is 102 Å². The summed E-state index contributed by atoms with van der Waals surface area (Å²) in [4.78, 5) is 21.4. The van der Waals surface area contributed by atoms with Gasteiger partial charge in [0.15, 0.2) is 0 Å². The predicted molar refractivity (Wildman–Crippen MR) is 63.7 cm³/mol. The van der Waals surface area contributed by atoms with Crippen LogP contribution in [-0.4, -0.2) is 36.4 Å². The second kappa shape index (κ2) is 9.89. The molecule has 0 bridgehead atoms. The van der Waals surface area contributed by atoms with Crippen LogP contribution in [-0.2, 0) is 9.53 Å². The van der Waals surface area contributed by atoms with Gasteiger partial charge in [-0.2, -0.15) is 0 Å². The van der Waals surface area contributed by atoms with Gasteiger partial charge in [0.1, 0.15) is 12.6 Å². The summed E-state index contributed by atoms with van der Waals surface area (Å²) in [5.41, 5.74) is 5.17. The molecule has 0 spiro atoms. The van der Waals surface area contributed by atoms with Crippen molar-refractivity contribution in [1.82, 2.24) is 5.32 Å². The molecule has 17 heavy (non-hydrogen) atoms. The SMILES string of the molecule is CCCCCCCNC(=O)OCC(N)C(=O)O. The Bertz CT molecular complexity index is 234. The number of rotatable bonds is 9. The van der Waals surface area contributed by atoms with Crippen molar-refractivity contribution in [2.24, 2.45) is 5.73 Å². The number of carboxylic acids is 1. The Kier molecular flexibility index (Phi) is 9.14. The van der Waals surface area contributed by atoms with E-state index < -0.39 is 18.1 Å². The molecule has 0 aliphatic heterocycles. The van der Waals surface area contributed by atoms with Crippen molar-refractivity contribution in [3.8, 4) is 0 Å². The highest BCUT2D eigenvalue weighted by atomic mass is 16.5. The van der Waals surface area contributed by atoms with Gasteiger partial charge in [0, 0.05) is 6.54 Å². The van der Waals surface area contributed by atoms with Gasteiger partial charge in [-0.3, -0.25) is 4.79 Å². The quantitative estimate of drug-likeness (QED) is 0.529. The van der Waals surface area contributed by atoms with Gasteiger partial charge in [0.05, 0.1) is 0 Å². The summed E-state index contributed by atoms with van der Waals surface area (Å²) in [5.74, 6) is -1.18. The van der Waals surface area contributed by atoms with Crippen LogP contribution in [0.4, 0.5) is 4.79 Å². The van der Waals surface area contributed by atoms with Crippen molar-refractivity contribution >= 4 is 12.1 Å². The van der Waals surface area contributed by atoms with Crippen molar-refractivity contribution in [2.75, 3.05) is 13.2 Å². The van der Waals surface area contributed by atoms with Gasteiger partial charge in [-0.1, -0.05) is 32.6 Å². The first kappa shape index (κ1) is 15.7. The molecule has 0 heterocycles. The van der Waals surface area contributed by atoms with E-state index in [0.717, 1.165) is 19.3 Å². The molecule has 0 aromatic carbocycles. The summed E-state index contributed by atoms with van der Waals surface area (Å²) < 4.78 is 4.64. The van der Waals surface area contributed by atoms with Crippen molar-refractivity contribution in [1.29, 1.82) is 0 Å². The van der Waals surface area contributed by atoms with E-state index in [1.165, 1.54) is 12.8 Å². The van der Waals surface area contributed by atoms with Crippen molar-refractivity contribution in [2.45, 2.75) is 45.1 Å². The zero-order valence-electron chi connectivity index (χ0n) is 10.3. The lowest BCUT2D eigenvalue weighted by atomic mass is 10.1. The summed E-state index contributed by atoms with van der Waals surface area (Å²) >= 11 is 0. The smallest absolute Gasteiger partial charge is 0.407 e. The topological polar surface area (TPSA) is 102 Å². The molecule has 0 aliphatic carbocycles. The molecule has 0 rings (SSSR count). The van der Waals surface area contributed by atoms with Gasteiger partial charge in [-0.25, -0.2) is 4.79 Å². The van der Waals surface area contributed by atoms with Crippen LogP contribution < -0.4 is 11.1 Å². The number of ether oxygens (including phenoxy) is 1. The molecule has 1 atom stereocenters. The molecule has 0 saturated carbocycles. The van der Waals surface area contributed by atoms with E-state index in [4.69, 9.17) is 10.8 Å². The number of amides is 1. The zero-order valence-corrected chi connectivity index (χ0v) is 10.3. The summed E-state index contributed by atoms with van der Waals surface area (Å²) in [7, 11) is 0. The molecule has 100 valence electrons. The average Bonchev–Trinajstić information content (AvgIpc) is 2.30.